The van der Waals surface area contributed by atoms with Crippen molar-refractivity contribution >= 4 is 33.2 Å². The van der Waals surface area contributed by atoms with Crippen LogP contribution < -0.4 is 13.9 Å². The quantitative estimate of drug-likeness (QED) is 0.750. The fourth-order valence-electron chi connectivity index (χ4n) is 2.60. The summed E-state index contributed by atoms with van der Waals surface area (Å²) in [6.07, 6.45) is 1.06. The Bertz CT molecular complexity index is 703. The maximum absolute atomic E-state index is 12.6. The molecular formula is C15H23ClN3O4S+. The summed E-state index contributed by atoms with van der Waals surface area (Å²) < 4.78 is 30.7. The van der Waals surface area contributed by atoms with Crippen LogP contribution in [-0.4, -0.2) is 72.4 Å². The minimum Gasteiger partial charge on any atom is -0.495 e. The predicted molar refractivity (Wildman–Crippen MR) is 93.4 cm³/mol. The van der Waals surface area contributed by atoms with E-state index in [9.17, 15) is 13.2 Å². The third-order valence-corrected chi connectivity index (χ3v) is 5.42. The third-order valence-electron chi connectivity index (χ3n) is 4.06. The van der Waals surface area contributed by atoms with E-state index in [0.29, 0.717) is 23.9 Å². The van der Waals surface area contributed by atoms with Crippen LogP contribution in [0.3, 0.4) is 0 Å². The molecule has 1 N–H and O–H groups in total. The van der Waals surface area contributed by atoms with E-state index in [1.807, 2.05) is 0 Å². The number of piperazine rings is 1. The van der Waals surface area contributed by atoms with Crippen molar-refractivity contribution in [3.63, 3.8) is 0 Å². The van der Waals surface area contributed by atoms with Gasteiger partial charge in [0.15, 0.2) is 0 Å². The number of nitrogens with one attached hydrogen (secondary N) is 1. The van der Waals surface area contributed by atoms with Crippen molar-refractivity contribution in [1.29, 1.82) is 0 Å². The number of carbonyl (C=O) groups excluding carboxylic acids is 1. The number of likely N-dealkylation sites (N-methyl/N-ethyl adjacent to an activating group) is 1. The van der Waals surface area contributed by atoms with Crippen LogP contribution in [0.4, 0.5) is 5.69 Å². The summed E-state index contributed by atoms with van der Waals surface area (Å²) in [4.78, 5) is 15.6. The molecule has 1 heterocycles. The van der Waals surface area contributed by atoms with E-state index < -0.39 is 10.0 Å². The zero-order valence-corrected chi connectivity index (χ0v) is 15.7. The molecule has 1 amide bonds. The van der Waals surface area contributed by atoms with Gasteiger partial charge in [0.2, 0.25) is 15.9 Å². The smallest absolute Gasteiger partial charge is 0.243 e. The van der Waals surface area contributed by atoms with E-state index in [2.05, 4.69) is 7.05 Å². The van der Waals surface area contributed by atoms with E-state index in [1.54, 1.807) is 17.0 Å². The third kappa shape index (κ3) is 4.52. The van der Waals surface area contributed by atoms with Gasteiger partial charge in [-0.15, -0.1) is 0 Å². The molecule has 0 bridgehead atoms. The fourth-order valence-corrected chi connectivity index (χ4v) is 3.61. The van der Waals surface area contributed by atoms with Crippen molar-refractivity contribution in [2.45, 2.75) is 0 Å². The van der Waals surface area contributed by atoms with Gasteiger partial charge in [0, 0.05) is 5.02 Å². The van der Waals surface area contributed by atoms with Gasteiger partial charge in [0.1, 0.15) is 12.3 Å². The first kappa shape index (κ1) is 18.8. The van der Waals surface area contributed by atoms with Gasteiger partial charge in [0.25, 0.3) is 0 Å². The number of halogens is 1. The monoisotopic (exact) mass is 376 g/mol. The second-order valence-corrected chi connectivity index (χ2v) is 8.27. The molecular weight excluding hydrogens is 354 g/mol. The van der Waals surface area contributed by atoms with Gasteiger partial charge in [-0.2, -0.15) is 0 Å². The average molecular weight is 377 g/mol. The lowest BCUT2D eigenvalue weighted by atomic mass is 10.2. The van der Waals surface area contributed by atoms with E-state index in [0.717, 1.165) is 23.7 Å². The number of ether oxygens (including phenoxy) is 1. The van der Waals surface area contributed by atoms with Crippen molar-refractivity contribution in [3.8, 4) is 5.75 Å². The summed E-state index contributed by atoms with van der Waals surface area (Å²) in [5, 5.41) is 0.370. The number of sulfonamides is 1. The van der Waals surface area contributed by atoms with Crippen LogP contribution in [0, 0.1) is 0 Å². The number of hydrogen-bond acceptors (Lipinski definition) is 4. The highest BCUT2D eigenvalue weighted by molar-refractivity contribution is 7.92. The Morgan fingerprint density at radius 1 is 1.38 bits per heavy atom. The molecule has 0 saturated carbocycles. The Morgan fingerprint density at radius 3 is 2.54 bits per heavy atom. The minimum absolute atomic E-state index is 0.227. The van der Waals surface area contributed by atoms with E-state index in [1.165, 1.54) is 18.1 Å². The molecule has 2 rings (SSSR count). The second kappa shape index (κ2) is 7.58. The van der Waals surface area contributed by atoms with Gasteiger partial charge in [-0.1, -0.05) is 11.6 Å². The minimum atomic E-state index is -3.67. The largest absolute Gasteiger partial charge is 0.495 e. The molecule has 1 aliphatic rings. The van der Waals surface area contributed by atoms with Gasteiger partial charge < -0.3 is 14.5 Å². The number of carbonyl (C=O) groups is 1. The fraction of sp³-hybridized carbons (Fsp3) is 0.533. The predicted octanol–water partition coefficient (Wildman–Crippen LogP) is -0.528. The molecule has 7 nitrogen and oxygen atoms in total. The Hall–Kier alpha value is -1.51. The molecule has 9 heteroatoms. The van der Waals surface area contributed by atoms with Crippen molar-refractivity contribution in [2.24, 2.45) is 0 Å². The molecule has 1 fully saturated rings. The number of methoxy groups -OCH3 is 1. The number of hydrogen-bond donors (Lipinski definition) is 1. The number of amides is 1. The first-order valence-corrected chi connectivity index (χ1v) is 9.85. The average Bonchev–Trinajstić information content (AvgIpc) is 2.52. The topological polar surface area (TPSA) is 71.4 Å². The SMILES string of the molecule is COc1ccc(Cl)cc1N(CC(=O)N1CC[NH+](C)CC1)S(C)(=O)=O. The molecule has 1 aromatic carbocycles. The summed E-state index contributed by atoms with van der Waals surface area (Å²) in [6, 6.07) is 4.68. The molecule has 24 heavy (non-hydrogen) atoms. The summed E-state index contributed by atoms with van der Waals surface area (Å²) in [6.45, 7) is 2.68. The van der Waals surface area contributed by atoms with Gasteiger partial charge in [-0.3, -0.25) is 9.10 Å². The standard InChI is InChI=1S/C15H22ClN3O4S/c1-17-6-8-18(9-7-17)15(20)11-19(24(3,21)22)13-10-12(16)4-5-14(13)23-2/h4-5,10H,6-9,11H2,1-3H3/p+1. The Balaban J connectivity index is 2.27. The maximum Gasteiger partial charge on any atom is 0.243 e. The van der Waals surface area contributed by atoms with Crippen molar-refractivity contribution in [3.05, 3.63) is 23.2 Å². The first-order chi connectivity index (χ1) is 11.2. The van der Waals surface area contributed by atoms with Gasteiger partial charge in [-0.25, -0.2) is 8.42 Å². The van der Waals surface area contributed by atoms with Gasteiger partial charge in [-0.05, 0) is 18.2 Å². The number of anilines is 1. The number of quaternary nitrogens is 1. The summed E-state index contributed by atoms with van der Waals surface area (Å²) in [7, 11) is -0.156. The summed E-state index contributed by atoms with van der Waals surface area (Å²) in [5.74, 6) is 0.121. The highest BCUT2D eigenvalue weighted by Gasteiger charge is 2.28. The number of rotatable bonds is 5. The Morgan fingerprint density at radius 2 is 2.00 bits per heavy atom. The zero-order valence-electron chi connectivity index (χ0n) is 14.1. The molecule has 1 aliphatic heterocycles. The van der Waals surface area contributed by atoms with E-state index >= 15 is 0 Å². The van der Waals surface area contributed by atoms with Crippen LogP contribution in [0.1, 0.15) is 0 Å². The normalized spacial score (nSPS) is 16.1. The lowest BCUT2D eigenvalue weighted by Gasteiger charge is -2.32. The molecule has 0 aromatic heterocycles. The van der Waals surface area contributed by atoms with Crippen LogP contribution in [0.2, 0.25) is 5.02 Å². The van der Waals surface area contributed by atoms with Crippen LogP contribution in [0.15, 0.2) is 18.2 Å². The summed E-state index contributed by atoms with van der Waals surface area (Å²) in [5.41, 5.74) is 0.264. The van der Waals surface area contributed by atoms with Gasteiger partial charge in [0.05, 0.1) is 52.3 Å². The first-order valence-electron chi connectivity index (χ1n) is 7.62. The lowest BCUT2D eigenvalue weighted by molar-refractivity contribution is -0.883. The van der Waals surface area contributed by atoms with Crippen LogP contribution in [0.25, 0.3) is 0 Å². The molecule has 1 saturated heterocycles. The van der Waals surface area contributed by atoms with Crippen molar-refractivity contribution in [2.75, 3.05) is 57.4 Å². The zero-order chi connectivity index (χ0) is 17.9. The highest BCUT2D eigenvalue weighted by atomic mass is 35.5. The van der Waals surface area contributed by atoms with Crippen molar-refractivity contribution in [1.82, 2.24) is 4.90 Å². The van der Waals surface area contributed by atoms with Crippen LogP contribution >= 0.6 is 11.6 Å². The molecule has 0 radical (unpaired) electrons. The number of benzene rings is 1. The maximum atomic E-state index is 12.6. The molecule has 0 atom stereocenters. The molecule has 134 valence electrons. The molecule has 0 spiro atoms. The summed E-state index contributed by atoms with van der Waals surface area (Å²) >= 11 is 5.99. The highest BCUT2D eigenvalue weighted by Crippen LogP contribution is 2.32. The van der Waals surface area contributed by atoms with Crippen LogP contribution in [-0.2, 0) is 14.8 Å². The van der Waals surface area contributed by atoms with Crippen LogP contribution in [0.5, 0.6) is 5.75 Å². The van der Waals surface area contributed by atoms with E-state index in [-0.39, 0.29) is 18.1 Å². The Kier molecular flexibility index (Phi) is 5.95. The second-order valence-electron chi connectivity index (χ2n) is 5.92. The lowest BCUT2D eigenvalue weighted by Crippen LogP contribution is -3.12. The Labute approximate surface area is 147 Å². The number of nitrogens with zero attached hydrogens (tertiary/aromatic N) is 2. The molecule has 1 aromatic rings. The molecule has 0 aliphatic carbocycles. The van der Waals surface area contributed by atoms with Crippen molar-refractivity contribution < 1.29 is 22.8 Å². The van der Waals surface area contributed by atoms with Gasteiger partial charge >= 0.3 is 0 Å². The molecule has 0 unspecified atom stereocenters. The van der Waals surface area contributed by atoms with E-state index in [4.69, 9.17) is 16.3 Å².